The predicted octanol–water partition coefficient (Wildman–Crippen LogP) is 3.53. The van der Waals surface area contributed by atoms with Gasteiger partial charge in [-0.05, 0) is 42.8 Å². The maximum atomic E-state index is 5.56. The highest BCUT2D eigenvalue weighted by Crippen LogP contribution is 2.22. The van der Waals surface area contributed by atoms with Crippen LogP contribution in [0, 0.1) is 6.92 Å². The number of halogens is 1. The van der Waals surface area contributed by atoms with Crippen LogP contribution in [-0.2, 0) is 0 Å². The number of hydrogen-bond acceptors (Lipinski definition) is 3. The summed E-state index contributed by atoms with van der Waals surface area (Å²) in [7, 11) is 0. The average Bonchev–Trinajstić information content (AvgIpc) is 2.27. The lowest BCUT2D eigenvalue weighted by Crippen LogP contribution is -2.11. The summed E-state index contributed by atoms with van der Waals surface area (Å²) < 4.78 is 1.04. The molecule has 0 spiro atoms. The van der Waals surface area contributed by atoms with Crippen molar-refractivity contribution < 1.29 is 0 Å². The third-order valence-electron chi connectivity index (χ3n) is 2.34. The predicted molar refractivity (Wildman–Crippen MR) is 82.3 cm³/mol. The van der Waals surface area contributed by atoms with Crippen LogP contribution in [0.4, 0.5) is 11.4 Å². The van der Waals surface area contributed by atoms with Gasteiger partial charge in [-0.1, -0.05) is 28.1 Å². The Balaban J connectivity index is 2.28. The first kappa shape index (κ1) is 13.0. The molecule has 0 amide bonds. The topological polar surface area (TPSA) is 50.9 Å². The van der Waals surface area contributed by atoms with Gasteiger partial charge in [-0.3, -0.25) is 4.98 Å². The second-order valence-corrected chi connectivity index (χ2v) is 5.29. The Hall–Kier alpha value is -1.46. The van der Waals surface area contributed by atoms with Crippen molar-refractivity contribution in [2.75, 3.05) is 5.32 Å². The number of thiocarbonyl (C=S) groups is 1. The molecular weight excluding hydrogens is 310 g/mol. The quantitative estimate of drug-likeness (QED) is 0.849. The Morgan fingerprint density at radius 3 is 2.72 bits per heavy atom. The van der Waals surface area contributed by atoms with E-state index >= 15 is 0 Å². The van der Waals surface area contributed by atoms with Gasteiger partial charge in [0, 0.05) is 22.0 Å². The molecule has 0 saturated carbocycles. The maximum Gasteiger partial charge on any atom is 0.122 e. The molecule has 1 aromatic carbocycles. The highest BCUT2D eigenvalue weighted by Gasteiger charge is 2.01. The number of aromatic nitrogens is 1. The van der Waals surface area contributed by atoms with Crippen molar-refractivity contribution in [1.29, 1.82) is 0 Å². The fourth-order valence-electron chi connectivity index (χ4n) is 1.62. The van der Waals surface area contributed by atoms with E-state index < -0.39 is 0 Å². The van der Waals surface area contributed by atoms with Crippen LogP contribution in [0.15, 0.2) is 41.0 Å². The average molecular weight is 322 g/mol. The number of aryl methyl sites for hydroxylation is 1. The van der Waals surface area contributed by atoms with Crippen molar-refractivity contribution >= 4 is 44.5 Å². The molecule has 3 N–H and O–H groups in total. The highest BCUT2D eigenvalue weighted by atomic mass is 79.9. The van der Waals surface area contributed by atoms with Crippen molar-refractivity contribution in [2.24, 2.45) is 5.73 Å². The molecule has 0 unspecified atom stereocenters. The van der Waals surface area contributed by atoms with Gasteiger partial charge in [0.05, 0.1) is 5.69 Å². The molecule has 0 aliphatic rings. The van der Waals surface area contributed by atoms with E-state index in [9.17, 15) is 0 Å². The number of nitrogens with two attached hydrogens (primary N) is 1. The second kappa shape index (κ2) is 5.46. The van der Waals surface area contributed by atoms with Crippen LogP contribution in [-0.4, -0.2) is 9.97 Å². The lowest BCUT2D eigenvalue weighted by Gasteiger charge is -2.09. The van der Waals surface area contributed by atoms with Gasteiger partial charge in [0.1, 0.15) is 4.99 Å². The molecule has 18 heavy (non-hydrogen) atoms. The van der Waals surface area contributed by atoms with Gasteiger partial charge in [-0.2, -0.15) is 0 Å². The molecule has 2 rings (SSSR count). The van der Waals surface area contributed by atoms with Crippen LogP contribution in [0.25, 0.3) is 0 Å². The van der Waals surface area contributed by atoms with E-state index in [0.717, 1.165) is 15.8 Å². The van der Waals surface area contributed by atoms with Crippen LogP contribution in [0.2, 0.25) is 0 Å². The number of pyridine rings is 1. The summed E-state index contributed by atoms with van der Waals surface area (Å²) in [5.41, 5.74) is 9.26. The fraction of sp³-hybridized carbons (Fsp3) is 0.0769. The van der Waals surface area contributed by atoms with Crippen molar-refractivity contribution in [3.63, 3.8) is 0 Å². The first-order valence-corrected chi connectivity index (χ1v) is 6.55. The third kappa shape index (κ3) is 3.27. The number of anilines is 2. The van der Waals surface area contributed by atoms with E-state index in [0.29, 0.717) is 10.7 Å². The zero-order chi connectivity index (χ0) is 13.1. The van der Waals surface area contributed by atoms with Gasteiger partial charge in [0.25, 0.3) is 0 Å². The molecule has 1 heterocycles. The molecule has 0 aliphatic carbocycles. The molecular formula is C13H12BrN3S. The van der Waals surface area contributed by atoms with Crippen LogP contribution in [0.3, 0.4) is 0 Å². The molecule has 1 aromatic heterocycles. The van der Waals surface area contributed by atoms with Crippen molar-refractivity contribution in [3.8, 4) is 0 Å². The van der Waals surface area contributed by atoms with E-state index in [1.165, 1.54) is 5.56 Å². The molecule has 92 valence electrons. The van der Waals surface area contributed by atoms with Crippen LogP contribution in [0.5, 0.6) is 0 Å². The van der Waals surface area contributed by atoms with Crippen molar-refractivity contribution in [2.45, 2.75) is 6.92 Å². The van der Waals surface area contributed by atoms with Gasteiger partial charge in [0.2, 0.25) is 0 Å². The first-order chi connectivity index (χ1) is 8.54. The highest BCUT2D eigenvalue weighted by molar-refractivity contribution is 9.10. The lowest BCUT2D eigenvalue weighted by atomic mass is 10.2. The summed E-state index contributed by atoms with van der Waals surface area (Å²) in [5.74, 6) is 0. The summed E-state index contributed by atoms with van der Waals surface area (Å²) >= 11 is 8.38. The zero-order valence-electron chi connectivity index (χ0n) is 9.77. The monoisotopic (exact) mass is 321 g/mol. The van der Waals surface area contributed by atoms with Gasteiger partial charge >= 0.3 is 0 Å². The minimum Gasteiger partial charge on any atom is -0.388 e. The number of hydrogen-bond donors (Lipinski definition) is 2. The number of benzene rings is 1. The minimum absolute atomic E-state index is 0.295. The number of nitrogens with zero attached hydrogens (tertiary/aromatic N) is 1. The van der Waals surface area contributed by atoms with E-state index in [1.54, 1.807) is 6.20 Å². The molecule has 5 heteroatoms. The zero-order valence-corrected chi connectivity index (χ0v) is 12.2. The third-order valence-corrected chi connectivity index (χ3v) is 3.01. The Morgan fingerprint density at radius 2 is 2.06 bits per heavy atom. The molecule has 2 aromatic rings. The molecule has 0 aliphatic heterocycles. The Bertz CT molecular complexity index is 578. The summed E-state index contributed by atoms with van der Waals surface area (Å²) in [5, 5.41) is 3.30. The van der Waals surface area contributed by atoms with E-state index in [1.807, 2.05) is 25.1 Å². The molecule has 0 saturated heterocycles. The molecule has 0 fully saturated rings. The second-order valence-electron chi connectivity index (χ2n) is 3.94. The summed E-state index contributed by atoms with van der Waals surface area (Å²) in [4.78, 5) is 4.40. The Labute approximate surface area is 120 Å². The van der Waals surface area contributed by atoms with Gasteiger partial charge in [-0.25, -0.2) is 0 Å². The molecule has 0 bridgehead atoms. The molecule has 0 radical (unpaired) electrons. The van der Waals surface area contributed by atoms with E-state index in [-0.39, 0.29) is 0 Å². The minimum atomic E-state index is 0.295. The molecule has 0 atom stereocenters. The van der Waals surface area contributed by atoms with Crippen molar-refractivity contribution in [1.82, 2.24) is 4.98 Å². The standard InChI is InChI=1S/C13H12BrN3S/c1-8-4-9(14)6-11(5-8)17-10-2-3-16-12(7-10)13(15)18/h2-7H,1H3,(H2,15,18)(H,16,17). The summed E-state index contributed by atoms with van der Waals surface area (Å²) in [6.45, 7) is 2.04. The summed E-state index contributed by atoms with van der Waals surface area (Å²) in [6, 6.07) is 9.83. The fourth-order valence-corrected chi connectivity index (χ4v) is 2.34. The van der Waals surface area contributed by atoms with Crippen molar-refractivity contribution in [3.05, 3.63) is 52.3 Å². The maximum absolute atomic E-state index is 5.56. The Kier molecular flexibility index (Phi) is 3.93. The lowest BCUT2D eigenvalue weighted by molar-refractivity contribution is 1.29. The normalized spacial score (nSPS) is 10.1. The van der Waals surface area contributed by atoms with Gasteiger partial charge in [0.15, 0.2) is 0 Å². The van der Waals surface area contributed by atoms with Gasteiger partial charge < -0.3 is 11.1 Å². The van der Waals surface area contributed by atoms with Crippen LogP contribution >= 0.6 is 28.1 Å². The van der Waals surface area contributed by atoms with E-state index in [4.69, 9.17) is 18.0 Å². The Morgan fingerprint density at radius 1 is 1.28 bits per heavy atom. The smallest absolute Gasteiger partial charge is 0.122 e. The number of rotatable bonds is 3. The largest absolute Gasteiger partial charge is 0.388 e. The molecule has 3 nitrogen and oxygen atoms in total. The van der Waals surface area contributed by atoms with Gasteiger partial charge in [-0.15, -0.1) is 0 Å². The number of nitrogens with one attached hydrogen (secondary N) is 1. The SMILES string of the molecule is Cc1cc(Br)cc(Nc2ccnc(C(N)=S)c2)c1. The van der Waals surface area contributed by atoms with Crippen LogP contribution in [0.1, 0.15) is 11.3 Å². The first-order valence-electron chi connectivity index (χ1n) is 5.34. The summed E-state index contributed by atoms with van der Waals surface area (Å²) in [6.07, 6.45) is 1.68. The van der Waals surface area contributed by atoms with Crippen LogP contribution < -0.4 is 11.1 Å². The van der Waals surface area contributed by atoms with E-state index in [2.05, 4.69) is 38.4 Å².